The molecule has 1 atom stereocenters. The molecule has 26 heavy (non-hydrogen) atoms. The van der Waals surface area contributed by atoms with Gasteiger partial charge in [-0.05, 0) is 18.6 Å². The van der Waals surface area contributed by atoms with Gasteiger partial charge in [-0.1, -0.05) is 12.1 Å². The molecule has 0 aliphatic rings. The fraction of sp³-hybridized carbons (Fsp3) is 0.312. The molecule has 1 N–H and O–H groups in total. The van der Waals surface area contributed by atoms with Crippen molar-refractivity contribution in [1.29, 1.82) is 0 Å². The summed E-state index contributed by atoms with van der Waals surface area (Å²) in [5.74, 6) is 0.658. The number of rotatable bonds is 5. The van der Waals surface area contributed by atoms with Crippen LogP contribution < -0.4 is 5.32 Å². The average molecular weight is 364 g/mol. The topological polar surface area (TPSA) is 89.6 Å². The molecular formula is C16H15F3N6O. The van der Waals surface area contributed by atoms with Gasteiger partial charge in [0.15, 0.2) is 17.3 Å². The third kappa shape index (κ3) is 3.95. The van der Waals surface area contributed by atoms with Gasteiger partial charge in [0.05, 0.1) is 6.04 Å². The van der Waals surface area contributed by atoms with Crippen LogP contribution in [0.1, 0.15) is 36.8 Å². The number of aromatic nitrogens is 5. The summed E-state index contributed by atoms with van der Waals surface area (Å²) >= 11 is 0. The van der Waals surface area contributed by atoms with E-state index in [1.54, 1.807) is 19.1 Å². The van der Waals surface area contributed by atoms with Crippen molar-refractivity contribution in [3.8, 4) is 11.4 Å². The molecule has 1 unspecified atom stereocenters. The van der Waals surface area contributed by atoms with Crippen molar-refractivity contribution in [3.63, 3.8) is 0 Å². The predicted molar refractivity (Wildman–Crippen MR) is 86.0 cm³/mol. The van der Waals surface area contributed by atoms with Crippen molar-refractivity contribution in [2.24, 2.45) is 0 Å². The van der Waals surface area contributed by atoms with Crippen LogP contribution in [0.5, 0.6) is 0 Å². The lowest BCUT2D eigenvalue weighted by Crippen LogP contribution is -2.16. The van der Waals surface area contributed by atoms with Gasteiger partial charge in [0, 0.05) is 30.9 Å². The molecule has 0 radical (unpaired) electrons. The first-order valence-corrected chi connectivity index (χ1v) is 7.80. The van der Waals surface area contributed by atoms with Crippen molar-refractivity contribution in [3.05, 3.63) is 48.0 Å². The van der Waals surface area contributed by atoms with E-state index in [-0.39, 0.29) is 11.6 Å². The van der Waals surface area contributed by atoms with E-state index in [0.717, 1.165) is 6.07 Å². The van der Waals surface area contributed by atoms with Crippen LogP contribution in [0.25, 0.3) is 11.4 Å². The zero-order valence-corrected chi connectivity index (χ0v) is 13.9. The summed E-state index contributed by atoms with van der Waals surface area (Å²) in [6, 6.07) is 3.59. The number of aryl methyl sites for hydroxylation is 1. The minimum Gasteiger partial charge on any atom is -0.360 e. The second-order valence-electron chi connectivity index (χ2n) is 5.48. The van der Waals surface area contributed by atoms with Crippen LogP contribution in [0.4, 0.5) is 19.0 Å². The first kappa shape index (κ1) is 17.8. The largest absolute Gasteiger partial charge is 0.433 e. The van der Waals surface area contributed by atoms with Crippen LogP contribution in [0, 0.1) is 6.92 Å². The van der Waals surface area contributed by atoms with Gasteiger partial charge in [-0.15, -0.1) is 0 Å². The van der Waals surface area contributed by atoms with Crippen LogP contribution >= 0.6 is 0 Å². The zero-order chi connectivity index (χ0) is 18.7. The van der Waals surface area contributed by atoms with E-state index in [9.17, 15) is 13.2 Å². The molecule has 0 aromatic carbocycles. The lowest BCUT2D eigenvalue weighted by molar-refractivity contribution is -0.141. The molecule has 3 heterocycles. The molecule has 10 heteroatoms. The molecule has 0 bridgehead atoms. The number of alkyl halides is 3. The first-order valence-electron chi connectivity index (χ1n) is 7.80. The molecule has 7 nitrogen and oxygen atoms in total. The van der Waals surface area contributed by atoms with Crippen molar-refractivity contribution in [1.82, 2.24) is 25.1 Å². The van der Waals surface area contributed by atoms with E-state index in [0.29, 0.717) is 23.7 Å². The molecule has 3 aromatic rings. The summed E-state index contributed by atoms with van der Waals surface area (Å²) in [6.45, 7) is 3.48. The van der Waals surface area contributed by atoms with Gasteiger partial charge < -0.3 is 9.84 Å². The molecule has 136 valence electrons. The highest BCUT2D eigenvalue weighted by atomic mass is 19.4. The summed E-state index contributed by atoms with van der Waals surface area (Å²) in [6.07, 6.45) is -1.17. The van der Waals surface area contributed by atoms with Crippen LogP contribution in [-0.4, -0.2) is 25.1 Å². The van der Waals surface area contributed by atoms with Crippen molar-refractivity contribution in [2.75, 3.05) is 5.32 Å². The van der Waals surface area contributed by atoms with Crippen LogP contribution in [-0.2, 0) is 6.18 Å². The lowest BCUT2D eigenvalue weighted by Gasteiger charge is -2.16. The SMILES string of the molecule is CCC(Nc1cc(C(F)(F)F)nc(-c2cccnc2)n1)c1noc(C)n1. The molecule has 0 aliphatic carbocycles. The summed E-state index contributed by atoms with van der Waals surface area (Å²) in [5.41, 5.74) is -0.668. The fourth-order valence-electron chi connectivity index (χ4n) is 2.27. The maximum atomic E-state index is 13.2. The Bertz CT molecular complexity index is 881. The number of pyridine rings is 1. The lowest BCUT2D eigenvalue weighted by atomic mass is 10.2. The van der Waals surface area contributed by atoms with E-state index >= 15 is 0 Å². The van der Waals surface area contributed by atoms with E-state index in [4.69, 9.17) is 4.52 Å². The Kier molecular flexibility index (Phi) is 4.83. The minimum absolute atomic E-state index is 0.0143. The highest BCUT2D eigenvalue weighted by Gasteiger charge is 2.34. The van der Waals surface area contributed by atoms with E-state index < -0.39 is 17.9 Å². The van der Waals surface area contributed by atoms with Gasteiger partial charge in [0.2, 0.25) is 5.89 Å². The van der Waals surface area contributed by atoms with E-state index in [2.05, 4.69) is 30.4 Å². The maximum Gasteiger partial charge on any atom is 0.433 e. The fourth-order valence-corrected chi connectivity index (χ4v) is 2.27. The number of nitrogens with zero attached hydrogens (tertiary/aromatic N) is 5. The van der Waals surface area contributed by atoms with Gasteiger partial charge in [-0.3, -0.25) is 4.98 Å². The average Bonchev–Trinajstić information content (AvgIpc) is 3.05. The molecule has 3 rings (SSSR count). The molecule has 3 aromatic heterocycles. The minimum atomic E-state index is -4.61. The Balaban J connectivity index is 2.00. The molecule has 0 amide bonds. The van der Waals surface area contributed by atoms with Gasteiger partial charge in [0.25, 0.3) is 0 Å². The van der Waals surface area contributed by atoms with Gasteiger partial charge in [-0.2, -0.15) is 18.2 Å². The van der Waals surface area contributed by atoms with Crippen LogP contribution in [0.3, 0.4) is 0 Å². The van der Waals surface area contributed by atoms with Gasteiger partial charge >= 0.3 is 6.18 Å². The second-order valence-corrected chi connectivity index (χ2v) is 5.48. The Morgan fingerprint density at radius 1 is 1.23 bits per heavy atom. The number of hydrogen-bond acceptors (Lipinski definition) is 7. The van der Waals surface area contributed by atoms with Gasteiger partial charge in [-0.25, -0.2) is 9.97 Å². The Labute approximate surface area is 146 Å². The molecule has 0 spiro atoms. The normalized spacial score (nSPS) is 12.8. The van der Waals surface area contributed by atoms with E-state index in [1.165, 1.54) is 12.4 Å². The zero-order valence-electron chi connectivity index (χ0n) is 13.9. The van der Waals surface area contributed by atoms with Crippen molar-refractivity contribution in [2.45, 2.75) is 32.5 Å². The first-order chi connectivity index (χ1) is 12.4. The summed E-state index contributed by atoms with van der Waals surface area (Å²) in [5, 5.41) is 6.74. The molecule has 0 fully saturated rings. The smallest absolute Gasteiger partial charge is 0.360 e. The van der Waals surface area contributed by atoms with Gasteiger partial charge in [0.1, 0.15) is 5.82 Å². The Morgan fingerprint density at radius 3 is 2.62 bits per heavy atom. The standard InChI is InChI=1S/C16H15F3N6O/c1-3-11(15-21-9(2)26-25-15)22-13-7-12(16(17,18)19)23-14(24-13)10-5-4-6-20-8-10/h4-8,11H,3H2,1-2H3,(H,22,23,24). The third-order valence-electron chi connectivity index (χ3n) is 3.52. The second kappa shape index (κ2) is 7.06. The Morgan fingerprint density at radius 2 is 2.04 bits per heavy atom. The van der Waals surface area contributed by atoms with Crippen LogP contribution in [0.15, 0.2) is 35.1 Å². The molecular weight excluding hydrogens is 349 g/mol. The quantitative estimate of drug-likeness (QED) is 0.736. The predicted octanol–water partition coefficient (Wildman–Crippen LogP) is 3.81. The third-order valence-corrected chi connectivity index (χ3v) is 3.52. The highest BCUT2D eigenvalue weighted by Crippen LogP contribution is 2.31. The van der Waals surface area contributed by atoms with Crippen molar-refractivity contribution >= 4 is 5.82 Å². The number of halogens is 3. The molecule has 0 saturated heterocycles. The highest BCUT2D eigenvalue weighted by molar-refractivity contribution is 5.56. The van der Waals surface area contributed by atoms with Crippen molar-refractivity contribution < 1.29 is 17.7 Å². The number of nitrogens with one attached hydrogen (secondary N) is 1. The maximum absolute atomic E-state index is 13.2. The summed E-state index contributed by atoms with van der Waals surface area (Å²) in [4.78, 5) is 15.8. The Hall–Kier alpha value is -3.04. The molecule has 0 aliphatic heterocycles. The molecule has 0 saturated carbocycles. The number of anilines is 1. The summed E-state index contributed by atoms with van der Waals surface area (Å²) in [7, 11) is 0. The summed E-state index contributed by atoms with van der Waals surface area (Å²) < 4.78 is 44.6. The number of hydrogen-bond donors (Lipinski definition) is 1. The van der Waals surface area contributed by atoms with E-state index in [1.807, 2.05) is 6.92 Å². The van der Waals surface area contributed by atoms with Crippen LogP contribution in [0.2, 0.25) is 0 Å². The monoisotopic (exact) mass is 364 g/mol.